The third-order valence-corrected chi connectivity index (χ3v) is 3.00. The Hall–Kier alpha value is -1.62. The summed E-state index contributed by atoms with van der Waals surface area (Å²) in [5.74, 6) is 0.744. The summed E-state index contributed by atoms with van der Waals surface area (Å²) in [6.45, 7) is -0.300. The molecule has 106 valence electrons. The first-order chi connectivity index (χ1) is 9.65. The maximum Gasteiger partial charge on any atom is 0.272 e. The highest BCUT2D eigenvalue weighted by Crippen LogP contribution is 2.31. The van der Waals surface area contributed by atoms with Crippen LogP contribution >= 0.6 is 15.9 Å². The standard InChI is InChI=1S/C15H13BrF2O2/c16-12-6-7-13(20-10-15(17)18)14(8-12)19-9-11-4-2-1-3-5-11/h1-8,15H,9-10H2. The van der Waals surface area contributed by atoms with Crippen molar-refractivity contribution >= 4 is 15.9 Å². The third kappa shape index (κ3) is 4.49. The van der Waals surface area contributed by atoms with Crippen molar-refractivity contribution in [1.82, 2.24) is 0 Å². The zero-order valence-electron chi connectivity index (χ0n) is 10.6. The molecule has 0 radical (unpaired) electrons. The normalized spacial score (nSPS) is 10.6. The molecule has 0 heterocycles. The minimum absolute atomic E-state index is 0.310. The van der Waals surface area contributed by atoms with Crippen molar-refractivity contribution in [3.05, 3.63) is 58.6 Å². The maximum atomic E-state index is 12.2. The van der Waals surface area contributed by atoms with Crippen LogP contribution in [0.1, 0.15) is 5.56 Å². The van der Waals surface area contributed by atoms with E-state index in [1.165, 1.54) is 0 Å². The highest BCUT2D eigenvalue weighted by Gasteiger charge is 2.10. The predicted octanol–water partition coefficient (Wildman–Crippen LogP) is 4.67. The molecule has 5 heteroatoms. The van der Waals surface area contributed by atoms with Crippen LogP contribution < -0.4 is 9.47 Å². The highest BCUT2D eigenvalue weighted by molar-refractivity contribution is 9.10. The molecule has 2 aromatic carbocycles. The Morgan fingerprint density at radius 2 is 1.70 bits per heavy atom. The molecule has 0 aliphatic rings. The molecule has 0 aromatic heterocycles. The zero-order valence-corrected chi connectivity index (χ0v) is 12.1. The molecule has 0 saturated carbocycles. The molecule has 0 saturated heterocycles. The summed E-state index contributed by atoms with van der Waals surface area (Å²) in [6, 6.07) is 14.6. The minimum atomic E-state index is -2.51. The Bertz CT molecular complexity index is 547. The van der Waals surface area contributed by atoms with Gasteiger partial charge in [-0.2, -0.15) is 0 Å². The van der Waals surface area contributed by atoms with Gasteiger partial charge in [0.05, 0.1) is 0 Å². The SMILES string of the molecule is FC(F)COc1ccc(Br)cc1OCc1ccccc1. The fraction of sp³-hybridized carbons (Fsp3) is 0.200. The number of alkyl halides is 2. The molecule has 20 heavy (non-hydrogen) atoms. The fourth-order valence-corrected chi connectivity index (χ4v) is 1.94. The number of hydrogen-bond donors (Lipinski definition) is 0. The lowest BCUT2D eigenvalue weighted by Gasteiger charge is -2.13. The predicted molar refractivity (Wildman–Crippen MR) is 76.4 cm³/mol. The van der Waals surface area contributed by atoms with E-state index in [0.29, 0.717) is 18.1 Å². The van der Waals surface area contributed by atoms with Gasteiger partial charge in [0.1, 0.15) is 13.2 Å². The fourth-order valence-electron chi connectivity index (χ4n) is 1.60. The van der Waals surface area contributed by atoms with Crippen molar-refractivity contribution in [3.63, 3.8) is 0 Å². The lowest BCUT2D eigenvalue weighted by Crippen LogP contribution is -2.08. The van der Waals surface area contributed by atoms with E-state index in [4.69, 9.17) is 9.47 Å². The van der Waals surface area contributed by atoms with Crippen LogP contribution in [0.4, 0.5) is 8.78 Å². The average Bonchev–Trinajstić information content (AvgIpc) is 2.45. The van der Waals surface area contributed by atoms with Crippen molar-refractivity contribution in [3.8, 4) is 11.5 Å². The van der Waals surface area contributed by atoms with Crippen LogP contribution in [0.25, 0.3) is 0 Å². The van der Waals surface area contributed by atoms with Gasteiger partial charge in [-0.25, -0.2) is 8.78 Å². The Balaban J connectivity index is 2.07. The Morgan fingerprint density at radius 1 is 0.950 bits per heavy atom. The first-order valence-electron chi connectivity index (χ1n) is 6.02. The summed E-state index contributed by atoms with van der Waals surface area (Å²) in [4.78, 5) is 0. The molecular formula is C15H13BrF2O2. The van der Waals surface area contributed by atoms with E-state index < -0.39 is 13.0 Å². The Morgan fingerprint density at radius 3 is 2.40 bits per heavy atom. The lowest BCUT2D eigenvalue weighted by atomic mass is 10.2. The summed E-state index contributed by atoms with van der Waals surface area (Å²) < 4.78 is 35.9. The molecule has 0 amide bonds. The second-order valence-corrected chi connectivity index (χ2v) is 4.98. The minimum Gasteiger partial charge on any atom is -0.485 e. The smallest absolute Gasteiger partial charge is 0.272 e. The van der Waals surface area contributed by atoms with E-state index in [0.717, 1.165) is 10.0 Å². The van der Waals surface area contributed by atoms with Crippen molar-refractivity contribution in [2.24, 2.45) is 0 Å². The van der Waals surface area contributed by atoms with E-state index >= 15 is 0 Å². The quantitative estimate of drug-likeness (QED) is 0.759. The Kier molecular flexibility index (Phi) is 5.35. The first kappa shape index (κ1) is 14.8. The summed E-state index contributed by atoms with van der Waals surface area (Å²) in [5, 5.41) is 0. The van der Waals surface area contributed by atoms with Gasteiger partial charge < -0.3 is 9.47 Å². The van der Waals surface area contributed by atoms with Gasteiger partial charge in [-0.3, -0.25) is 0 Å². The van der Waals surface area contributed by atoms with E-state index in [1.54, 1.807) is 18.2 Å². The monoisotopic (exact) mass is 342 g/mol. The topological polar surface area (TPSA) is 18.5 Å². The van der Waals surface area contributed by atoms with E-state index in [-0.39, 0.29) is 0 Å². The highest BCUT2D eigenvalue weighted by atomic mass is 79.9. The van der Waals surface area contributed by atoms with Crippen LogP contribution in [0.5, 0.6) is 11.5 Å². The largest absolute Gasteiger partial charge is 0.485 e. The van der Waals surface area contributed by atoms with Crippen molar-refractivity contribution in [2.45, 2.75) is 13.0 Å². The van der Waals surface area contributed by atoms with Crippen LogP contribution in [-0.2, 0) is 6.61 Å². The molecule has 0 atom stereocenters. The second-order valence-electron chi connectivity index (χ2n) is 4.07. The van der Waals surface area contributed by atoms with E-state index in [9.17, 15) is 8.78 Å². The molecule has 0 spiro atoms. The summed E-state index contributed by atoms with van der Waals surface area (Å²) in [6.07, 6.45) is -2.51. The van der Waals surface area contributed by atoms with Gasteiger partial charge in [-0.15, -0.1) is 0 Å². The van der Waals surface area contributed by atoms with Crippen molar-refractivity contribution < 1.29 is 18.3 Å². The molecule has 0 aliphatic carbocycles. The first-order valence-corrected chi connectivity index (χ1v) is 6.81. The van der Waals surface area contributed by atoms with Gasteiger partial charge >= 0.3 is 0 Å². The molecule has 0 N–H and O–H groups in total. The number of halogens is 3. The number of rotatable bonds is 6. The van der Waals surface area contributed by atoms with E-state index in [2.05, 4.69) is 15.9 Å². The van der Waals surface area contributed by atoms with Crippen LogP contribution in [0.3, 0.4) is 0 Å². The molecule has 0 bridgehead atoms. The van der Waals surface area contributed by atoms with Gasteiger partial charge in [0, 0.05) is 4.47 Å². The summed E-state index contributed by atoms with van der Waals surface area (Å²) >= 11 is 3.32. The molecule has 0 aliphatic heterocycles. The summed E-state index contributed by atoms with van der Waals surface area (Å²) in [7, 11) is 0. The third-order valence-electron chi connectivity index (χ3n) is 2.51. The molecule has 0 fully saturated rings. The van der Waals surface area contributed by atoms with Gasteiger partial charge in [-0.05, 0) is 23.8 Å². The van der Waals surface area contributed by atoms with Crippen molar-refractivity contribution in [1.29, 1.82) is 0 Å². The zero-order chi connectivity index (χ0) is 14.4. The van der Waals surface area contributed by atoms with Crippen molar-refractivity contribution in [2.75, 3.05) is 6.61 Å². The molecular weight excluding hydrogens is 330 g/mol. The van der Waals surface area contributed by atoms with Crippen LogP contribution in [-0.4, -0.2) is 13.0 Å². The molecule has 2 rings (SSSR count). The summed E-state index contributed by atoms with van der Waals surface area (Å²) in [5.41, 5.74) is 0.993. The van der Waals surface area contributed by atoms with Crippen LogP contribution in [0.15, 0.2) is 53.0 Å². The number of ether oxygens (including phenoxy) is 2. The van der Waals surface area contributed by atoms with Crippen LogP contribution in [0.2, 0.25) is 0 Å². The maximum absolute atomic E-state index is 12.2. The molecule has 2 nitrogen and oxygen atoms in total. The van der Waals surface area contributed by atoms with Gasteiger partial charge in [-0.1, -0.05) is 46.3 Å². The van der Waals surface area contributed by atoms with Gasteiger partial charge in [0.25, 0.3) is 6.43 Å². The van der Waals surface area contributed by atoms with E-state index in [1.807, 2.05) is 30.3 Å². The number of benzene rings is 2. The van der Waals surface area contributed by atoms with Crippen LogP contribution in [0, 0.1) is 0 Å². The van der Waals surface area contributed by atoms with Gasteiger partial charge in [0.2, 0.25) is 0 Å². The van der Waals surface area contributed by atoms with Gasteiger partial charge in [0.15, 0.2) is 11.5 Å². The molecule has 2 aromatic rings. The Labute approximate surface area is 124 Å². The average molecular weight is 343 g/mol. The number of hydrogen-bond acceptors (Lipinski definition) is 2. The molecule has 0 unspecified atom stereocenters. The lowest BCUT2D eigenvalue weighted by molar-refractivity contribution is 0.0798. The second kappa shape index (κ2) is 7.24.